The SMILES string of the molecule is COCCc1ccccc1NCCCC1CCCO1. The second kappa shape index (κ2) is 8.18. The molecule has 0 radical (unpaired) electrons. The van der Waals surface area contributed by atoms with Gasteiger partial charge in [-0.05, 0) is 43.7 Å². The Morgan fingerprint density at radius 1 is 1.37 bits per heavy atom. The van der Waals surface area contributed by atoms with E-state index >= 15 is 0 Å². The van der Waals surface area contributed by atoms with E-state index in [1.54, 1.807) is 7.11 Å². The molecule has 19 heavy (non-hydrogen) atoms. The molecular weight excluding hydrogens is 238 g/mol. The summed E-state index contributed by atoms with van der Waals surface area (Å²) in [5, 5.41) is 3.54. The summed E-state index contributed by atoms with van der Waals surface area (Å²) in [5.74, 6) is 0. The minimum absolute atomic E-state index is 0.505. The lowest BCUT2D eigenvalue weighted by molar-refractivity contribution is 0.103. The fourth-order valence-electron chi connectivity index (χ4n) is 2.55. The van der Waals surface area contributed by atoms with Crippen LogP contribution in [0.2, 0.25) is 0 Å². The van der Waals surface area contributed by atoms with Crippen LogP contribution in [0.15, 0.2) is 24.3 Å². The van der Waals surface area contributed by atoms with Crippen molar-refractivity contribution in [2.75, 3.05) is 32.2 Å². The van der Waals surface area contributed by atoms with E-state index in [4.69, 9.17) is 9.47 Å². The van der Waals surface area contributed by atoms with Crippen LogP contribution in [0, 0.1) is 0 Å². The van der Waals surface area contributed by atoms with Crippen LogP contribution in [0.5, 0.6) is 0 Å². The highest BCUT2D eigenvalue weighted by molar-refractivity contribution is 5.51. The first-order valence-electron chi connectivity index (χ1n) is 7.32. The van der Waals surface area contributed by atoms with Gasteiger partial charge in [0.05, 0.1) is 12.7 Å². The van der Waals surface area contributed by atoms with Gasteiger partial charge in [0.25, 0.3) is 0 Å². The molecule has 1 aliphatic rings. The average molecular weight is 263 g/mol. The molecule has 1 saturated heterocycles. The van der Waals surface area contributed by atoms with Crippen molar-refractivity contribution in [2.24, 2.45) is 0 Å². The summed E-state index contributed by atoms with van der Waals surface area (Å²) in [4.78, 5) is 0. The molecule has 3 nitrogen and oxygen atoms in total. The van der Waals surface area contributed by atoms with E-state index in [2.05, 4.69) is 29.6 Å². The van der Waals surface area contributed by atoms with Crippen molar-refractivity contribution in [2.45, 2.75) is 38.2 Å². The first-order valence-corrected chi connectivity index (χ1v) is 7.32. The number of nitrogens with one attached hydrogen (secondary N) is 1. The second-order valence-corrected chi connectivity index (χ2v) is 5.10. The van der Waals surface area contributed by atoms with Crippen molar-refractivity contribution in [3.8, 4) is 0 Å². The first kappa shape index (κ1) is 14.4. The predicted octanol–water partition coefficient (Wildman–Crippen LogP) is 3.25. The lowest BCUT2D eigenvalue weighted by Gasteiger charge is -2.13. The van der Waals surface area contributed by atoms with Crippen LogP contribution in [0.1, 0.15) is 31.2 Å². The van der Waals surface area contributed by atoms with Crippen molar-refractivity contribution in [3.05, 3.63) is 29.8 Å². The zero-order chi connectivity index (χ0) is 13.3. The molecule has 3 heteroatoms. The van der Waals surface area contributed by atoms with E-state index in [-0.39, 0.29) is 0 Å². The summed E-state index contributed by atoms with van der Waals surface area (Å²) in [5.41, 5.74) is 2.58. The lowest BCUT2D eigenvalue weighted by atomic mass is 10.1. The van der Waals surface area contributed by atoms with Gasteiger partial charge in [0.15, 0.2) is 0 Å². The molecular formula is C16H25NO2. The zero-order valence-electron chi connectivity index (χ0n) is 11.9. The Labute approximate surface area is 116 Å². The maximum Gasteiger partial charge on any atom is 0.0576 e. The van der Waals surface area contributed by atoms with Crippen LogP contribution in [0.3, 0.4) is 0 Å². The molecule has 0 bridgehead atoms. The van der Waals surface area contributed by atoms with Gasteiger partial charge in [-0.3, -0.25) is 0 Å². The zero-order valence-corrected chi connectivity index (χ0v) is 11.9. The molecule has 0 saturated carbocycles. The van der Waals surface area contributed by atoms with Gasteiger partial charge in [-0.15, -0.1) is 0 Å². The van der Waals surface area contributed by atoms with Crippen LogP contribution >= 0.6 is 0 Å². The number of para-hydroxylation sites is 1. The normalized spacial score (nSPS) is 18.7. The first-order chi connectivity index (χ1) is 9.40. The minimum atomic E-state index is 0.505. The molecule has 0 aromatic heterocycles. The Balaban J connectivity index is 1.72. The number of anilines is 1. The molecule has 1 fully saturated rings. The molecule has 1 heterocycles. The van der Waals surface area contributed by atoms with Gasteiger partial charge in [-0.2, -0.15) is 0 Å². The summed E-state index contributed by atoms with van der Waals surface area (Å²) in [6, 6.07) is 8.49. The average Bonchev–Trinajstić information content (AvgIpc) is 2.95. The Morgan fingerprint density at radius 3 is 3.05 bits per heavy atom. The molecule has 106 valence electrons. The quantitative estimate of drug-likeness (QED) is 0.730. The van der Waals surface area contributed by atoms with Crippen molar-refractivity contribution < 1.29 is 9.47 Å². The van der Waals surface area contributed by atoms with Crippen LogP contribution in [-0.4, -0.2) is 33.0 Å². The molecule has 1 N–H and O–H groups in total. The number of ether oxygens (including phenoxy) is 2. The fraction of sp³-hybridized carbons (Fsp3) is 0.625. The Morgan fingerprint density at radius 2 is 2.26 bits per heavy atom. The van der Waals surface area contributed by atoms with Gasteiger partial charge in [0.2, 0.25) is 0 Å². The lowest BCUT2D eigenvalue weighted by Crippen LogP contribution is -2.10. The molecule has 0 aliphatic carbocycles. The van der Waals surface area contributed by atoms with E-state index < -0.39 is 0 Å². The molecule has 1 aromatic rings. The largest absolute Gasteiger partial charge is 0.385 e. The highest BCUT2D eigenvalue weighted by Crippen LogP contribution is 2.18. The summed E-state index contributed by atoms with van der Waals surface area (Å²) in [6.07, 6.45) is 6.29. The minimum Gasteiger partial charge on any atom is -0.385 e. The topological polar surface area (TPSA) is 30.5 Å². The monoisotopic (exact) mass is 263 g/mol. The summed E-state index contributed by atoms with van der Waals surface area (Å²) < 4.78 is 10.8. The highest BCUT2D eigenvalue weighted by atomic mass is 16.5. The second-order valence-electron chi connectivity index (χ2n) is 5.10. The van der Waals surface area contributed by atoms with Crippen LogP contribution in [-0.2, 0) is 15.9 Å². The molecule has 1 aromatic carbocycles. The molecule has 1 aliphatic heterocycles. The summed E-state index contributed by atoms with van der Waals surface area (Å²) in [6.45, 7) is 2.75. The number of hydrogen-bond donors (Lipinski definition) is 1. The number of methoxy groups -OCH3 is 1. The smallest absolute Gasteiger partial charge is 0.0576 e. The number of hydrogen-bond acceptors (Lipinski definition) is 3. The van der Waals surface area contributed by atoms with Crippen molar-refractivity contribution in [3.63, 3.8) is 0 Å². The van der Waals surface area contributed by atoms with Crippen LogP contribution in [0.4, 0.5) is 5.69 Å². The molecule has 1 unspecified atom stereocenters. The standard InChI is InChI=1S/C16H25NO2/c1-18-13-10-14-6-2-3-9-16(14)17-11-4-7-15-8-5-12-19-15/h2-3,6,9,15,17H,4-5,7-8,10-13H2,1H3. The van der Waals surface area contributed by atoms with E-state index in [9.17, 15) is 0 Å². The third kappa shape index (κ3) is 4.84. The molecule has 0 spiro atoms. The van der Waals surface area contributed by atoms with Gasteiger partial charge in [0.1, 0.15) is 0 Å². The fourth-order valence-corrected chi connectivity index (χ4v) is 2.55. The van der Waals surface area contributed by atoms with Crippen molar-refractivity contribution >= 4 is 5.69 Å². The third-order valence-corrected chi connectivity index (χ3v) is 3.64. The van der Waals surface area contributed by atoms with E-state index in [1.807, 2.05) is 0 Å². The van der Waals surface area contributed by atoms with Gasteiger partial charge in [-0.25, -0.2) is 0 Å². The summed E-state index contributed by atoms with van der Waals surface area (Å²) >= 11 is 0. The summed E-state index contributed by atoms with van der Waals surface area (Å²) in [7, 11) is 1.75. The van der Waals surface area contributed by atoms with Crippen LogP contribution in [0.25, 0.3) is 0 Å². The highest BCUT2D eigenvalue weighted by Gasteiger charge is 2.14. The van der Waals surface area contributed by atoms with Crippen LogP contribution < -0.4 is 5.32 Å². The predicted molar refractivity (Wildman–Crippen MR) is 78.7 cm³/mol. The van der Waals surface area contributed by atoms with E-state index in [0.717, 1.165) is 26.2 Å². The molecule has 1 atom stereocenters. The Hall–Kier alpha value is -1.06. The number of benzene rings is 1. The van der Waals surface area contributed by atoms with Gasteiger partial charge in [-0.1, -0.05) is 18.2 Å². The third-order valence-electron chi connectivity index (χ3n) is 3.64. The van der Waals surface area contributed by atoms with E-state index in [1.165, 1.54) is 36.9 Å². The Bertz CT molecular complexity index is 362. The number of rotatable bonds is 8. The van der Waals surface area contributed by atoms with E-state index in [0.29, 0.717) is 6.10 Å². The van der Waals surface area contributed by atoms with Gasteiger partial charge < -0.3 is 14.8 Å². The van der Waals surface area contributed by atoms with Gasteiger partial charge in [0, 0.05) is 25.9 Å². The Kier molecular flexibility index (Phi) is 6.18. The maximum absolute atomic E-state index is 5.64. The molecule has 2 rings (SSSR count). The maximum atomic E-state index is 5.64. The van der Waals surface area contributed by atoms with Crippen molar-refractivity contribution in [1.29, 1.82) is 0 Å². The molecule has 0 amide bonds. The van der Waals surface area contributed by atoms with Gasteiger partial charge >= 0.3 is 0 Å². The van der Waals surface area contributed by atoms with Crippen molar-refractivity contribution in [1.82, 2.24) is 0 Å².